The number of Topliss-reactive ketones (excluding diaryl/α,β-unsaturated/α-hetero) is 1. The maximum absolute atomic E-state index is 13.4. The zero-order valence-electron chi connectivity index (χ0n) is 20.9. The van der Waals surface area contributed by atoms with E-state index in [1.165, 1.54) is 18.1 Å². The Labute approximate surface area is 223 Å². The lowest BCUT2D eigenvalue weighted by Gasteiger charge is -2.26. The molecule has 1 amide bonds. The number of aliphatic hydroxyl groups is 1. The Morgan fingerprint density at radius 1 is 1.03 bits per heavy atom. The van der Waals surface area contributed by atoms with Gasteiger partial charge in [-0.15, -0.1) is 0 Å². The van der Waals surface area contributed by atoms with Gasteiger partial charge in [0.15, 0.2) is 11.5 Å². The van der Waals surface area contributed by atoms with E-state index in [0.29, 0.717) is 33.6 Å². The van der Waals surface area contributed by atoms with E-state index in [1.807, 2.05) is 31.1 Å². The number of ether oxygens (including phenoxy) is 2. The number of rotatable bonds is 7. The second-order valence-corrected chi connectivity index (χ2v) is 9.44. The first-order valence-corrected chi connectivity index (χ1v) is 12.3. The van der Waals surface area contributed by atoms with Gasteiger partial charge in [0.05, 0.1) is 29.8 Å². The Morgan fingerprint density at radius 3 is 2.32 bits per heavy atom. The Kier molecular flexibility index (Phi) is 7.45. The summed E-state index contributed by atoms with van der Waals surface area (Å²) >= 11 is 3.40. The normalized spacial score (nSPS) is 16.7. The molecule has 1 fully saturated rings. The Balaban J connectivity index is 1.94. The van der Waals surface area contributed by atoms with Crippen molar-refractivity contribution in [1.82, 2.24) is 0 Å². The molecule has 4 rings (SSSR count). The zero-order chi connectivity index (χ0) is 26.9. The van der Waals surface area contributed by atoms with Gasteiger partial charge >= 0.3 is 0 Å². The van der Waals surface area contributed by atoms with E-state index in [2.05, 4.69) is 15.9 Å². The molecule has 37 heavy (non-hydrogen) atoms. The van der Waals surface area contributed by atoms with E-state index >= 15 is 0 Å². The number of carbonyl (C=O) groups excluding carboxylic acids is 2. The van der Waals surface area contributed by atoms with Crippen molar-refractivity contribution in [3.8, 4) is 17.2 Å². The van der Waals surface area contributed by atoms with Crippen LogP contribution in [0.3, 0.4) is 0 Å². The summed E-state index contributed by atoms with van der Waals surface area (Å²) in [4.78, 5) is 30.1. The van der Waals surface area contributed by atoms with Crippen molar-refractivity contribution in [3.05, 3.63) is 81.8 Å². The summed E-state index contributed by atoms with van der Waals surface area (Å²) in [5, 5.41) is 21.6. The number of hydrogen-bond donors (Lipinski definition) is 2. The highest BCUT2D eigenvalue weighted by Gasteiger charge is 2.47. The first-order chi connectivity index (χ1) is 17.7. The number of halogens is 1. The molecule has 0 aliphatic carbocycles. The van der Waals surface area contributed by atoms with Crippen molar-refractivity contribution in [1.29, 1.82) is 0 Å². The molecule has 0 spiro atoms. The van der Waals surface area contributed by atoms with E-state index in [1.54, 1.807) is 49.4 Å². The fourth-order valence-electron chi connectivity index (χ4n) is 4.27. The number of hydrogen-bond acceptors (Lipinski definition) is 7. The van der Waals surface area contributed by atoms with Crippen LogP contribution in [0.1, 0.15) is 24.1 Å². The predicted octanol–water partition coefficient (Wildman–Crippen LogP) is 5.25. The molecule has 1 saturated heterocycles. The van der Waals surface area contributed by atoms with Crippen LogP contribution in [0.25, 0.3) is 5.76 Å². The minimum atomic E-state index is -0.967. The number of aliphatic hydroxyl groups excluding tert-OH is 1. The van der Waals surface area contributed by atoms with Crippen LogP contribution < -0.4 is 19.3 Å². The van der Waals surface area contributed by atoms with Crippen LogP contribution >= 0.6 is 15.9 Å². The maximum Gasteiger partial charge on any atom is 0.300 e. The molecule has 0 aromatic heterocycles. The molecule has 9 heteroatoms. The average molecular weight is 567 g/mol. The van der Waals surface area contributed by atoms with Crippen molar-refractivity contribution in [2.45, 2.75) is 13.0 Å². The van der Waals surface area contributed by atoms with Gasteiger partial charge in [-0.05, 0) is 83.0 Å². The molecule has 3 aromatic rings. The highest BCUT2D eigenvalue weighted by molar-refractivity contribution is 9.10. The van der Waals surface area contributed by atoms with Crippen LogP contribution in [0, 0.1) is 0 Å². The van der Waals surface area contributed by atoms with E-state index in [9.17, 15) is 19.8 Å². The fraction of sp³-hybridized carbons (Fsp3) is 0.214. The summed E-state index contributed by atoms with van der Waals surface area (Å²) in [6.45, 7) is 2.09. The fourth-order valence-corrected chi connectivity index (χ4v) is 4.81. The highest BCUT2D eigenvalue weighted by Crippen LogP contribution is 2.44. The largest absolute Gasteiger partial charge is 0.507 e. The van der Waals surface area contributed by atoms with Gasteiger partial charge in [-0.1, -0.05) is 6.07 Å². The molecule has 8 nitrogen and oxygen atoms in total. The summed E-state index contributed by atoms with van der Waals surface area (Å²) in [5.74, 6) is -1.24. The smallest absolute Gasteiger partial charge is 0.300 e. The lowest BCUT2D eigenvalue weighted by Crippen LogP contribution is -2.29. The molecule has 1 aliphatic rings. The van der Waals surface area contributed by atoms with Gasteiger partial charge in [0.2, 0.25) is 0 Å². The molecule has 1 heterocycles. The molecular formula is C28H27BrN2O6. The van der Waals surface area contributed by atoms with Gasteiger partial charge in [-0.3, -0.25) is 14.5 Å². The SMILES string of the molecule is CCOc1cc(C2/C(=C(/O)c3ccc(OC)c(Br)c3)C(=O)C(=O)N2c2ccc(N(C)C)cc2)ccc1O. The number of aromatic hydroxyl groups is 1. The third-order valence-electron chi connectivity index (χ3n) is 6.11. The summed E-state index contributed by atoms with van der Waals surface area (Å²) < 4.78 is 11.4. The Hall–Kier alpha value is -3.98. The van der Waals surface area contributed by atoms with Crippen LogP contribution in [-0.2, 0) is 9.59 Å². The van der Waals surface area contributed by atoms with Crippen LogP contribution in [0.2, 0.25) is 0 Å². The number of ketones is 1. The number of methoxy groups -OCH3 is 1. The minimum absolute atomic E-state index is 0.0722. The molecule has 0 saturated carbocycles. The second-order valence-electron chi connectivity index (χ2n) is 8.59. The molecule has 2 N–H and O–H groups in total. The zero-order valence-corrected chi connectivity index (χ0v) is 22.4. The molecule has 0 bridgehead atoms. The topological polar surface area (TPSA) is 99.5 Å². The number of nitrogens with zero attached hydrogens (tertiary/aromatic N) is 2. The molecule has 3 aromatic carbocycles. The third-order valence-corrected chi connectivity index (χ3v) is 6.73. The third kappa shape index (κ3) is 4.86. The van der Waals surface area contributed by atoms with Crippen molar-refractivity contribution in [2.75, 3.05) is 37.6 Å². The molecule has 192 valence electrons. The molecule has 0 radical (unpaired) electrons. The summed E-state index contributed by atoms with van der Waals surface area (Å²) in [6, 6.07) is 15.7. The van der Waals surface area contributed by atoms with Crippen LogP contribution in [-0.4, -0.2) is 49.7 Å². The van der Waals surface area contributed by atoms with Crippen molar-refractivity contribution in [3.63, 3.8) is 0 Å². The predicted molar refractivity (Wildman–Crippen MR) is 146 cm³/mol. The number of anilines is 2. The van der Waals surface area contributed by atoms with Crippen molar-refractivity contribution in [2.24, 2.45) is 0 Å². The number of phenols is 1. The van der Waals surface area contributed by atoms with E-state index in [-0.39, 0.29) is 22.8 Å². The number of benzene rings is 3. The summed E-state index contributed by atoms with van der Waals surface area (Å²) in [6.07, 6.45) is 0. The van der Waals surface area contributed by atoms with Crippen molar-refractivity contribution >= 4 is 44.8 Å². The number of amides is 1. The van der Waals surface area contributed by atoms with Gasteiger partial charge in [0.25, 0.3) is 11.7 Å². The van der Waals surface area contributed by atoms with Crippen LogP contribution in [0.4, 0.5) is 11.4 Å². The van der Waals surface area contributed by atoms with E-state index in [0.717, 1.165) is 5.69 Å². The summed E-state index contributed by atoms with van der Waals surface area (Å²) in [7, 11) is 5.33. The second kappa shape index (κ2) is 10.6. The Bertz CT molecular complexity index is 1380. The lowest BCUT2D eigenvalue weighted by molar-refractivity contribution is -0.132. The van der Waals surface area contributed by atoms with Crippen molar-refractivity contribution < 1.29 is 29.3 Å². The number of carbonyl (C=O) groups is 2. The standard InChI is InChI=1S/C28H27BrN2O6/c1-5-37-23-15-16(6-12-21(23)32)25-24(26(33)17-7-13-22(36-4)20(29)14-17)27(34)28(35)31(25)19-10-8-18(9-11-19)30(2)3/h6-15,25,32-33H,5H2,1-4H3/b26-24-. The molecule has 1 atom stereocenters. The van der Waals surface area contributed by atoms with Gasteiger partial charge < -0.3 is 24.6 Å². The van der Waals surface area contributed by atoms with Gasteiger partial charge in [-0.2, -0.15) is 0 Å². The minimum Gasteiger partial charge on any atom is -0.507 e. The molecular weight excluding hydrogens is 540 g/mol. The van der Waals surface area contributed by atoms with E-state index in [4.69, 9.17) is 9.47 Å². The average Bonchev–Trinajstić information content (AvgIpc) is 3.15. The maximum atomic E-state index is 13.4. The Morgan fingerprint density at radius 2 is 1.73 bits per heavy atom. The van der Waals surface area contributed by atoms with Gasteiger partial charge in [0, 0.05) is 31.0 Å². The molecule has 1 unspecified atom stereocenters. The lowest BCUT2D eigenvalue weighted by atomic mass is 9.94. The quantitative estimate of drug-likeness (QED) is 0.229. The van der Waals surface area contributed by atoms with E-state index < -0.39 is 17.7 Å². The summed E-state index contributed by atoms with van der Waals surface area (Å²) in [5.41, 5.74) is 2.16. The molecule has 1 aliphatic heterocycles. The number of phenolic OH excluding ortho intramolecular Hbond substituents is 1. The van der Waals surface area contributed by atoms with Gasteiger partial charge in [-0.25, -0.2) is 0 Å². The van der Waals surface area contributed by atoms with Crippen LogP contribution in [0.5, 0.6) is 17.2 Å². The first-order valence-electron chi connectivity index (χ1n) is 11.6. The highest BCUT2D eigenvalue weighted by atomic mass is 79.9. The monoisotopic (exact) mass is 566 g/mol. The van der Waals surface area contributed by atoms with Gasteiger partial charge in [0.1, 0.15) is 11.5 Å². The first kappa shape index (κ1) is 26.1. The van der Waals surface area contributed by atoms with Crippen LogP contribution in [0.15, 0.2) is 70.7 Å².